The number of halogens is 1. The van der Waals surface area contributed by atoms with E-state index in [1.54, 1.807) is 6.20 Å². The number of imidazole rings is 1. The number of aryl methyl sites for hydroxylation is 1. The molecule has 0 aromatic carbocycles. The van der Waals surface area contributed by atoms with Crippen molar-refractivity contribution in [1.29, 1.82) is 0 Å². The minimum atomic E-state index is -1.09. The highest BCUT2D eigenvalue weighted by Crippen LogP contribution is 2.23. The molecule has 3 nitrogen and oxygen atoms in total. The molecule has 1 fully saturated rings. The second-order valence-electron chi connectivity index (χ2n) is 4.03. The molecule has 0 aliphatic carbocycles. The maximum absolute atomic E-state index is 14.2. The molecule has 2 heterocycles. The largest absolute Gasteiger partial charge is 0.332 e. The van der Waals surface area contributed by atoms with E-state index in [1.165, 1.54) is 0 Å². The van der Waals surface area contributed by atoms with Crippen LogP contribution in [0.4, 0.5) is 4.39 Å². The van der Waals surface area contributed by atoms with Gasteiger partial charge in [-0.05, 0) is 26.3 Å². The second kappa shape index (κ2) is 3.69. The van der Waals surface area contributed by atoms with Crippen molar-refractivity contribution >= 4 is 0 Å². The minimum absolute atomic E-state index is 0.422. The Bertz CT molecular complexity index is 302. The van der Waals surface area contributed by atoms with Gasteiger partial charge >= 0.3 is 0 Å². The van der Waals surface area contributed by atoms with Gasteiger partial charge in [0, 0.05) is 18.9 Å². The fourth-order valence-electron chi connectivity index (χ4n) is 1.94. The standard InChI is InChI=1S/C10H16FN3/c1-9-13-5-6-14(9)8-10(11)3-2-4-12-7-10/h5-6,12H,2-4,7-8H2,1H3. The molecule has 14 heavy (non-hydrogen) atoms. The Kier molecular flexibility index (Phi) is 2.54. The Balaban J connectivity index is 2.05. The predicted octanol–water partition coefficient (Wildman–Crippen LogP) is 1.28. The molecular weight excluding hydrogens is 181 g/mol. The van der Waals surface area contributed by atoms with Gasteiger partial charge in [0.25, 0.3) is 0 Å². The van der Waals surface area contributed by atoms with Crippen LogP contribution in [-0.2, 0) is 6.54 Å². The van der Waals surface area contributed by atoms with E-state index in [0.717, 1.165) is 18.8 Å². The van der Waals surface area contributed by atoms with Crippen molar-refractivity contribution in [3.05, 3.63) is 18.2 Å². The molecule has 0 spiro atoms. The van der Waals surface area contributed by atoms with Crippen LogP contribution in [0, 0.1) is 6.92 Å². The van der Waals surface area contributed by atoms with Crippen molar-refractivity contribution in [1.82, 2.24) is 14.9 Å². The summed E-state index contributed by atoms with van der Waals surface area (Å²) in [6.45, 7) is 3.73. The van der Waals surface area contributed by atoms with Crippen molar-refractivity contribution in [3.8, 4) is 0 Å². The Labute approximate surface area is 83.3 Å². The van der Waals surface area contributed by atoms with Crippen LogP contribution in [0.5, 0.6) is 0 Å². The molecule has 1 saturated heterocycles. The molecule has 78 valence electrons. The van der Waals surface area contributed by atoms with Crippen LogP contribution >= 0.6 is 0 Å². The number of nitrogens with one attached hydrogen (secondary N) is 1. The zero-order chi connectivity index (χ0) is 10.0. The first-order chi connectivity index (χ1) is 6.70. The fourth-order valence-corrected chi connectivity index (χ4v) is 1.94. The first-order valence-corrected chi connectivity index (χ1v) is 5.07. The van der Waals surface area contributed by atoms with Crippen LogP contribution in [0.25, 0.3) is 0 Å². The van der Waals surface area contributed by atoms with Crippen LogP contribution in [0.3, 0.4) is 0 Å². The quantitative estimate of drug-likeness (QED) is 0.774. The van der Waals surface area contributed by atoms with E-state index >= 15 is 0 Å². The molecule has 1 unspecified atom stereocenters. The maximum atomic E-state index is 14.2. The van der Waals surface area contributed by atoms with Crippen LogP contribution in [0.15, 0.2) is 12.4 Å². The normalized spacial score (nSPS) is 27.9. The first-order valence-electron chi connectivity index (χ1n) is 5.07. The van der Waals surface area contributed by atoms with E-state index in [-0.39, 0.29) is 0 Å². The number of nitrogens with zero attached hydrogens (tertiary/aromatic N) is 2. The van der Waals surface area contributed by atoms with E-state index in [4.69, 9.17) is 0 Å². The summed E-state index contributed by atoms with van der Waals surface area (Å²) in [5, 5.41) is 3.10. The summed E-state index contributed by atoms with van der Waals surface area (Å²) < 4.78 is 16.1. The molecular formula is C10H16FN3. The third kappa shape index (κ3) is 1.95. The summed E-state index contributed by atoms with van der Waals surface area (Å²) >= 11 is 0. The molecule has 1 aromatic heterocycles. The van der Waals surface area contributed by atoms with Crippen molar-refractivity contribution < 1.29 is 4.39 Å². The third-order valence-corrected chi connectivity index (χ3v) is 2.80. The van der Waals surface area contributed by atoms with Gasteiger partial charge in [-0.15, -0.1) is 0 Å². The van der Waals surface area contributed by atoms with Gasteiger partial charge in [-0.3, -0.25) is 0 Å². The average molecular weight is 197 g/mol. The zero-order valence-electron chi connectivity index (χ0n) is 8.46. The van der Waals surface area contributed by atoms with Gasteiger partial charge in [0.1, 0.15) is 11.5 Å². The van der Waals surface area contributed by atoms with E-state index in [9.17, 15) is 4.39 Å². The van der Waals surface area contributed by atoms with Crippen LogP contribution < -0.4 is 5.32 Å². The summed E-state index contributed by atoms with van der Waals surface area (Å²) in [6.07, 6.45) is 5.13. The lowest BCUT2D eigenvalue weighted by Gasteiger charge is -2.30. The van der Waals surface area contributed by atoms with Gasteiger partial charge in [-0.2, -0.15) is 0 Å². The Hall–Kier alpha value is -0.900. The maximum Gasteiger partial charge on any atom is 0.141 e. The van der Waals surface area contributed by atoms with Crippen molar-refractivity contribution in [2.75, 3.05) is 13.1 Å². The number of hydrogen-bond donors (Lipinski definition) is 1. The molecule has 4 heteroatoms. The summed E-state index contributed by atoms with van der Waals surface area (Å²) in [4.78, 5) is 4.09. The number of rotatable bonds is 2. The summed E-state index contributed by atoms with van der Waals surface area (Å²) in [6, 6.07) is 0. The van der Waals surface area contributed by atoms with Gasteiger partial charge in [0.05, 0.1) is 6.54 Å². The van der Waals surface area contributed by atoms with Gasteiger partial charge in [-0.1, -0.05) is 0 Å². The van der Waals surface area contributed by atoms with Gasteiger partial charge in [0.15, 0.2) is 0 Å². The molecule has 0 saturated carbocycles. The smallest absolute Gasteiger partial charge is 0.141 e. The van der Waals surface area contributed by atoms with E-state index in [0.29, 0.717) is 19.5 Å². The lowest BCUT2D eigenvalue weighted by molar-refractivity contribution is 0.0994. The molecule has 0 radical (unpaired) electrons. The Morgan fingerprint density at radius 1 is 1.71 bits per heavy atom. The zero-order valence-corrected chi connectivity index (χ0v) is 8.46. The van der Waals surface area contributed by atoms with Crippen molar-refractivity contribution in [2.24, 2.45) is 0 Å². The van der Waals surface area contributed by atoms with Crippen molar-refractivity contribution in [3.63, 3.8) is 0 Å². The average Bonchev–Trinajstić information content (AvgIpc) is 2.52. The van der Waals surface area contributed by atoms with Gasteiger partial charge in [0.2, 0.25) is 0 Å². The lowest BCUT2D eigenvalue weighted by Crippen LogP contribution is -2.45. The number of aromatic nitrogens is 2. The van der Waals surface area contributed by atoms with E-state index < -0.39 is 5.67 Å². The highest BCUT2D eigenvalue weighted by molar-refractivity contribution is 4.94. The van der Waals surface area contributed by atoms with Gasteiger partial charge in [-0.25, -0.2) is 9.37 Å². The van der Waals surface area contributed by atoms with Crippen molar-refractivity contribution in [2.45, 2.75) is 32.0 Å². The number of hydrogen-bond acceptors (Lipinski definition) is 2. The van der Waals surface area contributed by atoms with Crippen LogP contribution in [0.1, 0.15) is 18.7 Å². The molecule has 1 aliphatic rings. The fraction of sp³-hybridized carbons (Fsp3) is 0.700. The monoisotopic (exact) mass is 197 g/mol. The third-order valence-electron chi connectivity index (χ3n) is 2.80. The predicted molar refractivity (Wildman–Crippen MR) is 52.9 cm³/mol. The number of piperidine rings is 1. The summed E-state index contributed by atoms with van der Waals surface area (Å²) in [5.41, 5.74) is -1.09. The van der Waals surface area contributed by atoms with Crippen LogP contribution in [-0.4, -0.2) is 28.3 Å². The van der Waals surface area contributed by atoms with E-state index in [2.05, 4.69) is 10.3 Å². The lowest BCUT2D eigenvalue weighted by atomic mass is 9.96. The molecule has 1 aliphatic heterocycles. The highest BCUT2D eigenvalue weighted by Gasteiger charge is 2.32. The topological polar surface area (TPSA) is 29.9 Å². The highest BCUT2D eigenvalue weighted by atomic mass is 19.1. The van der Waals surface area contributed by atoms with Crippen LogP contribution in [0.2, 0.25) is 0 Å². The summed E-state index contributed by atoms with van der Waals surface area (Å²) in [7, 11) is 0. The molecule has 2 rings (SSSR count). The SMILES string of the molecule is Cc1nccn1CC1(F)CCCNC1. The molecule has 1 N–H and O–H groups in total. The first kappa shape index (κ1) is 9.65. The minimum Gasteiger partial charge on any atom is -0.332 e. The number of alkyl halides is 1. The summed E-state index contributed by atoms with van der Waals surface area (Å²) in [5.74, 6) is 0.882. The molecule has 1 atom stereocenters. The Morgan fingerprint density at radius 2 is 2.57 bits per heavy atom. The molecule has 1 aromatic rings. The Morgan fingerprint density at radius 3 is 3.14 bits per heavy atom. The second-order valence-corrected chi connectivity index (χ2v) is 4.03. The molecule has 0 bridgehead atoms. The molecule has 0 amide bonds. The van der Waals surface area contributed by atoms with E-state index in [1.807, 2.05) is 17.7 Å². The van der Waals surface area contributed by atoms with Gasteiger partial charge < -0.3 is 9.88 Å².